The van der Waals surface area contributed by atoms with E-state index in [1.165, 1.54) is 11.3 Å². The average Bonchev–Trinajstić information content (AvgIpc) is 3.22. The molecule has 1 aliphatic rings. The van der Waals surface area contributed by atoms with E-state index in [0.29, 0.717) is 33.3 Å². The molecule has 0 spiro atoms. The second-order valence-electron chi connectivity index (χ2n) is 7.04. The van der Waals surface area contributed by atoms with Gasteiger partial charge in [-0.25, -0.2) is 4.98 Å². The van der Waals surface area contributed by atoms with Crippen molar-refractivity contribution in [2.45, 2.75) is 6.42 Å². The Balaban J connectivity index is 0.00000272. The molecule has 1 fully saturated rings. The monoisotopic (exact) mass is 476 g/mol. The van der Waals surface area contributed by atoms with Crippen molar-refractivity contribution < 1.29 is 9.53 Å². The number of rotatable bonds is 6. The largest absolute Gasteiger partial charge is 0.379 e. The number of nitriles is 1. The molecule has 0 bridgehead atoms. The molecule has 9 heteroatoms. The number of hydrogen-bond acceptors (Lipinski definition) is 6. The van der Waals surface area contributed by atoms with Crippen LogP contribution in [0.3, 0.4) is 0 Å². The van der Waals surface area contributed by atoms with Crippen LogP contribution in [0.2, 0.25) is 5.02 Å². The van der Waals surface area contributed by atoms with E-state index < -0.39 is 0 Å². The molecule has 2 heterocycles. The van der Waals surface area contributed by atoms with Gasteiger partial charge >= 0.3 is 0 Å². The molecule has 162 valence electrons. The van der Waals surface area contributed by atoms with Gasteiger partial charge in [-0.3, -0.25) is 14.6 Å². The first-order chi connectivity index (χ1) is 14.7. The Bertz CT molecular complexity index is 1080. The molecule has 1 amide bonds. The summed E-state index contributed by atoms with van der Waals surface area (Å²) in [5, 5.41) is 10.2. The SMILES string of the molecule is Cl.N#Cc1ccc(C(=O)N(CCCN2CCOCC2)c2nc3c(Cl)cccc3s2)cc1. The molecule has 1 aromatic heterocycles. The zero-order valence-electron chi connectivity index (χ0n) is 16.8. The molecular formula is C22H22Cl2N4O2S. The first kappa shape index (κ1) is 23.5. The lowest BCUT2D eigenvalue weighted by atomic mass is 10.1. The number of ether oxygens (including phenoxy) is 1. The van der Waals surface area contributed by atoms with Gasteiger partial charge < -0.3 is 4.74 Å². The van der Waals surface area contributed by atoms with Gasteiger partial charge in [-0.1, -0.05) is 29.0 Å². The molecule has 0 N–H and O–H groups in total. The van der Waals surface area contributed by atoms with E-state index in [2.05, 4.69) is 16.0 Å². The number of halogens is 2. The van der Waals surface area contributed by atoms with Crippen LogP contribution in [-0.2, 0) is 4.74 Å². The maximum Gasteiger partial charge on any atom is 0.260 e. The fourth-order valence-corrected chi connectivity index (χ4v) is 4.71. The molecule has 1 aliphatic heterocycles. The van der Waals surface area contributed by atoms with E-state index in [4.69, 9.17) is 21.6 Å². The molecule has 1 saturated heterocycles. The minimum Gasteiger partial charge on any atom is -0.379 e. The van der Waals surface area contributed by atoms with Crippen molar-refractivity contribution in [1.29, 1.82) is 5.26 Å². The molecule has 0 unspecified atom stereocenters. The van der Waals surface area contributed by atoms with Crippen molar-refractivity contribution in [3.05, 3.63) is 58.6 Å². The number of para-hydroxylation sites is 1. The van der Waals surface area contributed by atoms with Gasteiger partial charge in [0.1, 0.15) is 5.52 Å². The van der Waals surface area contributed by atoms with Crippen molar-refractivity contribution in [2.75, 3.05) is 44.3 Å². The van der Waals surface area contributed by atoms with Gasteiger partial charge in [-0.05, 0) is 42.8 Å². The molecular weight excluding hydrogens is 455 g/mol. The Hall–Kier alpha value is -2.21. The van der Waals surface area contributed by atoms with Gasteiger partial charge in [-0.15, -0.1) is 12.4 Å². The molecule has 0 aliphatic carbocycles. The zero-order chi connectivity index (χ0) is 20.9. The van der Waals surface area contributed by atoms with Crippen LogP contribution in [0.15, 0.2) is 42.5 Å². The smallest absolute Gasteiger partial charge is 0.260 e. The normalized spacial score (nSPS) is 14.1. The number of carbonyl (C=O) groups is 1. The van der Waals surface area contributed by atoms with Gasteiger partial charge in [0.2, 0.25) is 0 Å². The second kappa shape index (κ2) is 10.9. The summed E-state index contributed by atoms with van der Waals surface area (Å²) in [4.78, 5) is 22.1. The number of thiazole rings is 1. The number of aromatic nitrogens is 1. The van der Waals surface area contributed by atoms with Gasteiger partial charge in [0.25, 0.3) is 5.91 Å². The molecule has 6 nitrogen and oxygen atoms in total. The predicted octanol–water partition coefficient (Wildman–Crippen LogP) is 4.61. The lowest BCUT2D eigenvalue weighted by Gasteiger charge is -2.27. The average molecular weight is 477 g/mol. The highest BCUT2D eigenvalue weighted by atomic mass is 35.5. The molecule has 31 heavy (non-hydrogen) atoms. The first-order valence-corrected chi connectivity index (χ1v) is 11.0. The van der Waals surface area contributed by atoms with Crippen LogP contribution in [0.25, 0.3) is 10.2 Å². The van der Waals surface area contributed by atoms with Crippen LogP contribution >= 0.6 is 35.3 Å². The van der Waals surface area contributed by atoms with Crippen LogP contribution in [0.5, 0.6) is 0 Å². The number of nitrogens with zero attached hydrogens (tertiary/aromatic N) is 4. The highest BCUT2D eigenvalue weighted by Gasteiger charge is 2.22. The Labute approximate surface area is 196 Å². The third kappa shape index (κ3) is 5.53. The lowest BCUT2D eigenvalue weighted by Crippen LogP contribution is -2.39. The fraction of sp³-hybridized carbons (Fsp3) is 0.318. The van der Waals surface area contributed by atoms with E-state index >= 15 is 0 Å². The van der Waals surface area contributed by atoms with Crippen LogP contribution in [0.4, 0.5) is 5.13 Å². The van der Waals surface area contributed by atoms with E-state index in [-0.39, 0.29) is 18.3 Å². The summed E-state index contributed by atoms with van der Waals surface area (Å²) in [6.07, 6.45) is 0.825. The van der Waals surface area contributed by atoms with E-state index in [0.717, 1.165) is 44.0 Å². The predicted molar refractivity (Wildman–Crippen MR) is 127 cm³/mol. The molecule has 0 radical (unpaired) electrons. The van der Waals surface area contributed by atoms with E-state index in [1.807, 2.05) is 12.1 Å². The third-order valence-corrected chi connectivity index (χ3v) is 6.40. The van der Waals surface area contributed by atoms with Crippen molar-refractivity contribution in [1.82, 2.24) is 9.88 Å². The van der Waals surface area contributed by atoms with Crippen molar-refractivity contribution in [3.63, 3.8) is 0 Å². The number of anilines is 1. The Morgan fingerprint density at radius 2 is 1.97 bits per heavy atom. The van der Waals surface area contributed by atoms with Crippen LogP contribution in [0, 0.1) is 11.3 Å². The minimum atomic E-state index is -0.128. The highest BCUT2D eigenvalue weighted by Crippen LogP contribution is 2.33. The number of carbonyl (C=O) groups excluding carboxylic acids is 1. The maximum absolute atomic E-state index is 13.3. The number of amides is 1. The minimum absolute atomic E-state index is 0. The standard InChI is InChI=1S/C22H21ClN4O2S.ClH/c23-18-3-1-4-19-20(18)25-22(30-19)27(10-2-9-26-11-13-29-14-12-26)21(28)17-7-5-16(15-24)6-8-17;/h1,3-8H,2,9-14H2;1H. The van der Waals surface area contributed by atoms with Gasteiger partial charge in [0.15, 0.2) is 5.13 Å². The summed E-state index contributed by atoms with van der Waals surface area (Å²) in [6.45, 7) is 4.79. The summed E-state index contributed by atoms with van der Waals surface area (Å²) in [5.74, 6) is -0.128. The van der Waals surface area contributed by atoms with Gasteiger partial charge in [0, 0.05) is 31.7 Å². The Morgan fingerprint density at radius 1 is 1.23 bits per heavy atom. The summed E-state index contributed by atoms with van der Waals surface area (Å²) in [5.41, 5.74) is 1.77. The molecule has 2 aromatic carbocycles. The zero-order valence-corrected chi connectivity index (χ0v) is 19.2. The number of hydrogen-bond donors (Lipinski definition) is 0. The Morgan fingerprint density at radius 3 is 2.65 bits per heavy atom. The highest BCUT2D eigenvalue weighted by molar-refractivity contribution is 7.22. The topological polar surface area (TPSA) is 69.5 Å². The number of morpholine rings is 1. The molecule has 0 saturated carbocycles. The maximum atomic E-state index is 13.3. The molecule has 0 atom stereocenters. The summed E-state index contributed by atoms with van der Waals surface area (Å²) >= 11 is 7.76. The van der Waals surface area contributed by atoms with Crippen LogP contribution in [0.1, 0.15) is 22.3 Å². The first-order valence-electron chi connectivity index (χ1n) is 9.83. The summed E-state index contributed by atoms with van der Waals surface area (Å²) in [7, 11) is 0. The van der Waals surface area contributed by atoms with E-state index in [1.54, 1.807) is 35.2 Å². The van der Waals surface area contributed by atoms with Crippen LogP contribution in [-0.4, -0.2) is 55.2 Å². The quantitative estimate of drug-likeness (QED) is 0.519. The Kier molecular flexibility index (Phi) is 8.24. The lowest BCUT2D eigenvalue weighted by molar-refractivity contribution is 0.0376. The van der Waals surface area contributed by atoms with Crippen LogP contribution < -0.4 is 4.90 Å². The molecule has 4 rings (SSSR count). The molecule has 3 aromatic rings. The van der Waals surface area contributed by atoms with Gasteiger partial charge in [0.05, 0.1) is 34.6 Å². The second-order valence-corrected chi connectivity index (χ2v) is 8.45. The number of fused-ring (bicyclic) bond motifs is 1. The van der Waals surface area contributed by atoms with Crippen molar-refractivity contribution in [3.8, 4) is 6.07 Å². The fourth-order valence-electron chi connectivity index (χ4n) is 3.42. The number of benzene rings is 2. The van der Waals surface area contributed by atoms with E-state index in [9.17, 15) is 4.79 Å². The summed E-state index contributed by atoms with van der Waals surface area (Å²) in [6, 6.07) is 14.4. The van der Waals surface area contributed by atoms with Gasteiger partial charge in [-0.2, -0.15) is 5.26 Å². The third-order valence-electron chi connectivity index (χ3n) is 5.06. The van der Waals surface area contributed by atoms with Crippen molar-refractivity contribution >= 4 is 56.6 Å². The van der Waals surface area contributed by atoms with Crippen molar-refractivity contribution in [2.24, 2.45) is 0 Å². The summed E-state index contributed by atoms with van der Waals surface area (Å²) < 4.78 is 6.35.